The summed E-state index contributed by atoms with van der Waals surface area (Å²) in [5.74, 6) is -0.0735. The Labute approximate surface area is 139 Å². The predicted octanol–water partition coefficient (Wildman–Crippen LogP) is 4.12. The van der Waals surface area contributed by atoms with E-state index in [9.17, 15) is 4.79 Å². The Balaban J connectivity index is 2.18. The zero-order chi connectivity index (χ0) is 15.8. The summed E-state index contributed by atoms with van der Waals surface area (Å²) >= 11 is 3.44. The first kappa shape index (κ1) is 16.4. The molecule has 0 saturated carbocycles. The number of hydrogen-bond acceptors (Lipinski definition) is 2. The molecule has 2 aromatic carbocycles. The molecule has 0 spiro atoms. The van der Waals surface area contributed by atoms with Gasteiger partial charge in [0.15, 0.2) is 0 Å². The summed E-state index contributed by atoms with van der Waals surface area (Å²) in [6.07, 6.45) is 1.24. The van der Waals surface area contributed by atoms with Crippen molar-refractivity contribution in [2.75, 3.05) is 0 Å². The zero-order valence-electron chi connectivity index (χ0n) is 12.5. The van der Waals surface area contributed by atoms with Gasteiger partial charge in [0, 0.05) is 22.4 Å². The molecule has 0 saturated heterocycles. The molecule has 114 valence electrons. The van der Waals surface area contributed by atoms with Crippen LogP contribution in [0.1, 0.15) is 30.9 Å². The SMILES string of the molecule is CC(Br)CCC(=O)NN=C(c1ccccc1)c1ccccc1. The molecule has 0 aliphatic carbocycles. The third-order valence-electron chi connectivity index (χ3n) is 3.16. The Hall–Kier alpha value is -1.94. The van der Waals surface area contributed by atoms with Crippen LogP contribution in [0.25, 0.3) is 0 Å². The quantitative estimate of drug-likeness (QED) is 0.471. The lowest BCUT2D eigenvalue weighted by atomic mass is 10.0. The maximum atomic E-state index is 11.9. The fourth-order valence-electron chi connectivity index (χ4n) is 1.99. The van der Waals surface area contributed by atoms with Crippen molar-refractivity contribution in [3.05, 3.63) is 71.8 Å². The minimum Gasteiger partial charge on any atom is -0.273 e. The van der Waals surface area contributed by atoms with Crippen LogP contribution in [0.5, 0.6) is 0 Å². The summed E-state index contributed by atoms with van der Waals surface area (Å²) in [6, 6.07) is 19.7. The van der Waals surface area contributed by atoms with E-state index in [2.05, 4.69) is 26.5 Å². The molecule has 0 radical (unpaired) electrons. The van der Waals surface area contributed by atoms with Gasteiger partial charge in [0.1, 0.15) is 0 Å². The number of carbonyl (C=O) groups is 1. The van der Waals surface area contributed by atoms with Gasteiger partial charge in [-0.05, 0) is 6.42 Å². The summed E-state index contributed by atoms with van der Waals surface area (Å²) < 4.78 is 0. The number of nitrogens with one attached hydrogen (secondary N) is 1. The third-order valence-corrected chi connectivity index (χ3v) is 3.61. The van der Waals surface area contributed by atoms with Crippen LogP contribution >= 0.6 is 15.9 Å². The fraction of sp³-hybridized carbons (Fsp3) is 0.222. The highest BCUT2D eigenvalue weighted by molar-refractivity contribution is 9.09. The van der Waals surface area contributed by atoms with Gasteiger partial charge in [0.05, 0.1) is 5.71 Å². The van der Waals surface area contributed by atoms with Gasteiger partial charge < -0.3 is 0 Å². The van der Waals surface area contributed by atoms with E-state index >= 15 is 0 Å². The average Bonchev–Trinajstić information content (AvgIpc) is 2.55. The van der Waals surface area contributed by atoms with Crippen molar-refractivity contribution >= 4 is 27.5 Å². The second-order valence-corrected chi connectivity index (χ2v) is 6.61. The Morgan fingerprint density at radius 3 is 2.00 bits per heavy atom. The molecule has 0 aliphatic rings. The molecule has 1 unspecified atom stereocenters. The molecule has 0 heterocycles. The van der Waals surface area contributed by atoms with E-state index in [0.29, 0.717) is 11.2 Å². The van der Waals surface area contributed by atoms with E-state index in [4.69, 9.17) is 0 Å². The number of amides is 1. The Kier molecular flexibility index (Phi) is 6.34. The lowest BCUT2D eigenvalue weighted by molar-refractivity contribution is -0.121. The van der Waals surface area contributed by atoms with Gasteiger partial charge in [-0.15, -0.1) is 0 Å². The number of hydrazone groups is 1. The number of nitrogens with zero attached hydrogens (tertiary/aromatic N) is 1. The van der Waals surface area contributed by atoms with Crippen molar-refractivity contribution in [2.24, 2.45) is 5.10 Å². The number of carbonyl (C=O) groups excluding carboxylic acids is 1. The highest BCUT2D eigenvalue weighted by Gasteiger charge is 2.08. The largest absolute Gasteiger partial charge is 0.273 e. The van der Waals surface area contributed by atoms with Crippen molar-refractivity contribution in [1.29, 1.82) is 0 Å². The smallest absolute Gasteiger partial charge is 0.240 e. The van der Waals surface area contributed by atoms with Gasteiger partial charge >= 0.3 is 0 Å². The van der Waals surface area contributed by atoms with Gasteiger partial charge in [0.2, 0.25) is 5.91 Å². The summed E-state index contributed by atoms with van der Waals surface area (Å²) in [7, 11) is 0. The molecule has 0 aliphatic heterocycles. The van der Waals surface area contributed by atoms with Crippen LogP contribution in [0.4, 0.5) is 0 Å². The van der Waals surface area contributed by atoms with Crippen molar-refractivity contribution in [3.8, 4) is 0 Å². The summed E-state index contributed by atoms with van der Waals surface area (Å²) in [6.45, 7) is 2.02. The topological polar surface area (TPSA) is 41.5 Å². The van der Waals surface area contributed by atoms with E-state index in [1.165, 1.54) is 0 Å². The molecule has 1 N–H and O–H groups in total. The van der Waals surface area contributed by atoms with Crippen molar-refractivity contribution < 1.29 is 4.79 Å². The first-order chi connectivity index (χ1) is 10.7. The first-order valence-corrected chi connectivity index (χ1v) is 8.20. The summed E-state index contributed by atoms with van der Waals surface area (Å²) in [4.78, 5) is 12.2. The molecule has 0 aromatic heterocycles. The maximum Gasteiger partial charge on any atom is 0.240 e. The molecule has 0 bridgehead atoms. The summed E-state index contributed by atoms with van der Waals surface area (Å²) in [5.41, 5.74) is 5.38. The molecule has 1 amide bonds. The van der Waals surface area contributed by atoms with Crippen molar-refractivity contribution in [1.82, 2.24) is 5.43 Å². The molecule has 2 aromatic rings. The average molecular weight is 359 g/mol. The molecule has 1 atom stereocenters. The number of halogens is 1. The van der Waals surface area contributed by atoms with Crippen LogP contribution < -0.4 is 5.43 Å². The number of rotatable bonds is 6. The van der Waals surface area contributed by atoms with E-state index in [-0.39, 0.29) is 5.91 Å². The van der Waals surface area contributed by atoms with E-state index in [1.807, 2.05) is 67.6 Å². The Morgan fingerprint density at radius 2 is 1.55 bits per heavy atom. The highest BCUT2D eigenvalue weighted by atomic mass is 79.9. The maximum absolute atomic E-state index is 11.9. The number of alkyl halides is 1. The standard InChI is InChI=1S/C18H19BrN2O/c1-14(19)12-13-17(22)20-21-18(15-8-4-2-5-9-15)16-10-6-3-7-11-16/h2-11,14H,12-13H2,1H3,(H,20,22). The Morgan fingerprint density at radius 1 is 1.05 bits per heavy atom. The van der Waals surface area contributed by atoms with Gasteiger partial charge in [-0.3, -0.25) is 4.79 Å². The second-order valence-electron chi connectivity index (χ2n) is 5.05. The number of benzene rings is 2. The zero-order valence-corrected chi connectivity index (χ0v) is 14.1. The van der Waals surface area contributed by atoms with Gasteiger partial charge in [-0.25, -0.2) is 5.43 Å². The van der Waals surface area contributed by atoms with Gasteiger partial charge in [0.25, 0.3) is 0 Å². The minimum absolute atomic E-state index is 0.0735. The van der Waals surface area contributed by atoms with E-state index in [0.717, 1.165) is 23.3 Å². The van der Waals surface area contributed by atoms with Gasteiger partial charge in [-0.2, -0.15) is 5.10 Å². The molecule has 3 nitrogen and oxygen atoms in total. The predicted molar refractivity (Wildman–Crippen MR) is 94.3 cm³/mol. The van der Waals surface area contributed by atoms with Crippen LogP contribution in [-0.4, -0.2) is 16.4 Å². The second kappa shape index (κ2) is 8.49. The van der Waals surface area contributed by atoms with Crippen LogP contribution in [-0.2, 0) is 4.79 Å². The molecule has 4 heteroatoms. The lowest BCUT2D eigenvalue weighted by Gasteiger charge is -2.08. The fourth-order valence-corrected chi connectivity index (χ4v) is 2.22. The normalized spacial score (nSPS) is 11.5. The monoisotopic (exact) mass is 358 g/mol. The van der Waals surface area contributed by atoms with E-state index < -0.39 is 0 Å². The molecular formula is C18H19BrN2O. The first-order valence-electron chi connectivity index (χ1n) is 7.28. The third kappa shape index (κ3) is 5.11. The van der Waals surface area contributed by atoms with E-state index in [1.54, 1.807) is 0 Å². The lowest BCUT2D eigenvalue weighted by Crippen LogP contribution is -2.21. The van der Waals surface area contributed by atoms with Crippen LogP contribution in [0.2, 0.25) is 0 Å². The Bertz CT molecular complexity index is 583. The molecule has 22 heavy (non-hydrogen) atoms. The van der Waals surface area contributed by atoms with Crippen LogP contribution in [0.15, 0.2) is 65.8 Å². The highest BCUT2D eigenvalue weighted by Crippen LogP contribution is 2.11. The van der Waals surface area contributed by atoms with Gasteiger partial charge in [-0.1, -0.05) is 83.5 Å². The van der Waals surface area contributed by atoms with Crippen LogP contribution in [0.3, 0.4) is 0 Å². The molecule has 0 fully saturated rings. The summed E-state index contributed by atoms with van der Waals surface area (Å²) in [5, 5.41) is 4.34. The molecular weight excluding hydrogens is 340 g/mol. The van der Waals surface area contributed by atoms with Crippen molar-refractivity contribution in [3.63, 3.8) is 0 Å². The minimum atomic E-state index is -0.0735. The van der Waals surface area contributed by atoms with Crippen LogP contribution in [0, 0.1) is 0 Å². The number of hydrogen-bond donors (Lipinski definition) is 1. The molecule has 2 rings (SSSR count). The van der Waals surface area contributed by atoms with Crippen molar-refractivity contribution in [2.45, 2.75) is 24.6 Å².